The summed E-state index contributed by atoms with van der Waals surface area (Å²) in [6.07, 6.45) is 2.20. The Bertz CT molecular complexity index is 234. The number of hydrogen-bond acceptors (Lipinski definition) is 4. The number of hydrogen-bond donors (Lipinski definition) is 1. The van der Waals surface area contributed by atoms with Gasteiger partial charge in [0.1, 0.15) is 5.54 Å². The smallest absolute Gasteiger partial charge is 0.119 e. The van der Waals surface area contributed by atoms with Crippen LogP contribution in [0.25, 0.3) is 0 Å². The third kappa shape index (κ3) is 3.78. The maximum Gasteiger partial charge on any atom is 0.119 e. The van der Waals surface area contributed by atoms with E-state index in [1.165, 1.54) is 0 Å². The molecule has 1 rings (SSSR count). The Morgan fingerprint density at radius 2 is 2.27 bits per heavy atom. The molecule has 0 saturated heterocycles. The molecule has 0 aromatic rings. The van der Waals surface area contributed by atoms with E-state index in [-0.39, 0.29) is 0 Å². The minimum absolute atomic E-state index is 0.400. The van der Waals surface area contributed by atoms with Crippen LogP contribution in [0.3, 0.4) is 0 Å². The Morgan fingerprint density at radius 1 is 1.60 bits per heavy atom. The molecular formula is C11H21N3O. The maximum absolute atomic E-state index is 9.08. The fourth-order valence-corrected chi connectivity index (χ4v) is 1.74. The predicted octanol–water partition coefficient (Wildman–Crippen LogP) is 0.586. The molecule has 86 valence electrons. The van der Waals surface area contributed by atoms with Crippen LogP contribution >= 0.6 is 0 Å². The largest absolute Gasteiger partial charge is 0.380 e. The summed E-state index contributed by atoms with van der Waals surface area (Å²) in [6.45, 7) is 4.90. The maximum atomic E-state index is 9.08. The van der Waals surface area contributed by atoms with Gasteiger partial charge in [-0.15, -0.1) is 0 Å². The Balaban J connectivity index is 2.29. The number of nitrogens with zero attached hydrogens (tertiary/aromatic N) is 2. The molecule has 0 aromatic carbocycles. The molecule has 1 aliphatic rings. The number of ether oxygens (including phenoxy) is 1. The van der Waals surface area contributed by atoms with Crippen LogP contribution in [0.1, 0.15) is 19.8 Å². The summed E-state index contributed by atoms with van der Waals surface area (Å²) in [4.78, 5) is 2.08. The topological polar surface area (TPSA) is 62.3 Å². The van der Waals surface area contributed by atoms with Crippen molar-refractivity contribution in [3.05, 3.63) is 0 Å². The summed E-state index contributed by atoms with van der Waals surface area (Å²) in [5, 5.41) is 9.08. The summed E-state index contributed by atoms with van der Waals surface area (Å²) in [6, 6.07) is 2.26. The molecule has 0 radical (unpaired) electrons. The van der Waals surface area contributed by atoms with Crippen LogP contribution in [0.4, 0.5) is 0 Å². The molecule has 1 aliphatic carbocycles. The summed E-state index contributed by atoms with van der Waals surface area (Å²) in [5.41, 5.74) is 5.41. The molecule has 0 aliphatic heterocycles. The molecule has 0 amide bonds. The van der Waals surface area contributed by atoms with Gasteiger partial charge in [-0.25, -0.2) is 0 Å². The van der Waals surface area contributed by atoms with E-state index in [2.05, 4.69) is 11.0 Å². The van der Waals surface area contributed by atoms with E-state index in [9.17, 15) is 0 Å². The van der Waals surface area contributed by atoms with Crippen molar-refractivity contribution >= 4 is 0 Å². The number of nitrogens with two attached hydrogens (primary N) is 1. The van der Waals surface area contributed by atoms with Gasteiger partial charge in [0.05, 0.1) is 12.7 Å². The average molecular weight is 211 g/mol. The highest BCUT2D eigenvalue weighted by molar-refractivity contribution is 5.14. The van der Waals surface area contributed by atoms with Crippen LogP contribution in [0.2, 0.25) is 0 Å². The van der Waals surface area contributed by atoms with Gasteiger partial charge in [-0.2, -0.15) is 5.26 Å². The monoisotopic (exact) mass is 211 g/mol. The third-order valence-electron chi connectivity index (χ3n) is 2.87. The first kappa shape index (κ1) is 12.4. The Morgan fingerprint density at radius 3 is 2.73 bits per heavy atom. The first-order valence-corrected chi connectivity index (χ1v) is 5.59. The van der Waals surface area contributed by atoms with Crippen molar-refractivity contribution < 1.29 is 4.74 Å². The second-order valence-corrected chi connectivity index (χ2v) is 4.36. The van der Waals surface area contributed by atoms with Gasteiger partial charge >= 0.3 is 0 Å². The lowest BCUT2D eigenvalue weighted by Gasteiger charge is -2.27. The van der Waals surface area contributed by atoms with Crippen LogP contribution < -0.4 is 5.73 Å². The molecule has 2 N–H and O–H groups in total. The van der Waals surface area contributed by atoms with E-state index in [0.29, 0.717) is 19.1 Å². The van der Waals surface area contributed by atoms with Crippen LogP contribution in [-0.2, 0) is 4.74 Å². The average Bonchev–Trinajstić information content (AvgIpc) is 3.01. The van der Waals surface area contributed by atoms with E-state index in [1.807, 2.05) is 14.0 Å². The Kier molecular flexibility index (Phi) is 4.52. The summed E-state index contributed by atoms with van der Waals surface area (Å²) < 4.78 is 5.26. The van der Waals surface area contributed by atoms with Gasteiger partial charge in [0.15, 0.2) is 0 Å². The molecule has 1 fully saturated rings. The molecule has 1 unspecified atom stereocenters. The zero-order valence-corrected chi connectivity index (χ0v) is 9.70. The van der Waals surface area contributed by atoms with Gasteiger partial charge in [0, 0.05) is 19.7 Å². The zero-order valence-electron chi connectivity index (χ0n) is 9.70. The van der Waals surface area contributed by atoms with Crippen molar-refractivity contribution in [2.24, 2.45) is 11.7 Å². The Labute approximate surface area is 92.0 Å². The molecule has 4 heteroatoms. The SMILES string of the molecule is CCOCCN(C)CC(N)(C#N)C1CC1. The van der Waals surface area contributed by atoms with Crippen LogP contribution in [0, 0.1) is 17.2 Å². The molecule has 0 spiro atoms. The predicted molar refractivity (Wildman–Crippen MR) is 59.2 cm³/mol. The fraction of sp³-hybridized carbons (Fsp3) is 0.909. The van der Waals surface area contributed by atoms with Crippen LogP contribution in [0.15, 0.2) is 0 Å². The van der Waals surface area contributed by atoms with Gasteiger partial charge < -0.3 is 15.4 Å². The van der Waals surface area contributed by atoms with E-state index >= 15 is 0 Å². The van der Waals surface area contributed by atoms with Crippen molar-refractivity contribution in [2.75, 3.05) is 33.4 Å². The molecule has 1 saturated carbocycles. The molecule has 1 atom stereocenters. The van der Waals surface area contributed by atoms with Crippen molar-refractivity contribution in [2.45, 2.75) is 25.3 Å². The van der Waals surface area contributed by atoms with E-state index in [1.54, 1.807) is 0 Å². The molecule has 0 aromatic heterocycles. The second kappa shape index (κ2) is 5.45. The van der Waals surface area contributed by atoms with Crippen molar-refractivity contribution in [1.29, 1.82) is 5.26 Å². The number of nitriles is 1. The summed E-state index contributed by atoms with van der Waals surface area (Å²) in [7, 11) is 1.99. The molecule has 0 bridgehead atoms. The lowest BCUT2D eigenvalue weighted by atomic mass is 9.96. The fourth-order valence-electron chi connectivity index (χ4n) is 1.74. The van der Waals surface area contributed by atoms with Gasteiger partial charge in [0.2, 0.25) is 0 Å². The van der Waals surface area contributed by atoms with Crippen LogP contribution in [-0.4, -0.2) is 43.8 Å². The molecule has 15 heavy (non-hydrogen) atoms. The quantitative estimate of drug-likeness (QED) is 0.626. The third-order valence-corrected chi connectivity index (χ3v) is 2.87. The van der Waals surface area contributed by atoms with Gasteiger partial charge in [-0.05, 0) is 32.7 Å². The van der Waals surface area contributed by atoms with Crippen LogP contribution in [0.5, 0.6) is 0 Å². The standard InChI is InChI=1S/C11H21N3O/c1-3-15-7-6-14(2)9-11(13,8-12)10-4-5-10/h10H,3-7,9,13H2,1-2H3. The highest BCUT2D eigenvalue weighted by Crippen LogP contribution is 2.38. The van der Waals surface area contributed by atoms with Gasteiger partial charge in [-0.1, -0.05) is 0 Å². The lowest BCUT2D eigenvalue weighted by molar-refractivity contribution is 0.116. The normalized spacial score (nSPS) is 19.9. The van der Waals surface area contributed by atoms with E-state index < -0.39 is 5.54 Å². The molecule has 0 heterocycles. The van der Waals surface area contributed by atoms with E-state index in [4.69, 9.17) is 15.7 Å². The highest BCUT2D eigenvalue weighted by atomic mass is 16.5. The highest BCUT2D eigenvalue weighted by Gasteiger charge is 2.43. The minimum atomic E-state index is -0.652. The Hall–Kier alpha value is -0.630. The zero-order chi connectivity index (χ0) is 11.3. The molecule has 4 nitrogen and oxygen atoms in total. The number of rotatable bonds is 7. The van der Waals surface area contributed by atoms with Gasteiger partial charge in [-0.3, -0.25) is 0 Å². The van der Waals surface area contributed by atoms with Crippen molar-refractivity contribution in [1.82, 2.24) is 4.90 Å². The number of likely N-dealkylation sites (N-methyl/N-ethyl adjacent to an activating group) is 1. The first-order valence-electron chi connectivity index (χ1n) is 5.59. The second-order valence-electron chi connectivity index (χ2n) is 4.36. The first-order chi connectivity index (χ1) is 7.12. The van der Waals surface area contributed by atoms with Crippen molar-refractivity contribution in [3.8, 4) is 6.07 Å². The van der Waals surface area contributed by atoms with Gasteiger partial charge in [0.25, 0.3) is 0 Å². The lowest BCUT2D eigenvalue weighted by Crippen LogP contribution is -2.50. The minimum Gasteiger partial charge on any atom is -0.380 e. The van der Waals surface area contributed by atoms with E-state index in [0.717, 1.165) is 26.0 Å². The van der Waals surface area contributed by atoms with Crippen molar-refractivity contribution in [3.63, 3.8) is 0 Å². The molecular weight excluding hydrogens is 190 g/mol. The summed E-state index contributed by atoms with van der Waals surface area (Å²) in [5.74, 6) is 0.400. The summed E-state index contributed by atoms with van der Waals surface area (Å²) >= 11 is 0.